The summed E-state index contributed by atoms with van der Waals surface area (Å²) in [6, 6.07) is 6.05. The zero-order valence-electron chi connectivity index (χ0n) is 15.4. The van der Waals surface area contributed by atoms with Crippen LogP contribution in [0.3, 0.4) is 0 Å². The number of hydrogen-bond donors (Lipinski definition) is 2. The van der Waals surface area contributed by atoms with Gasteiger partial charge in [0.05, 0.1) is 22.6 Å². The van der Waals surface area contributed by atoms with Gasteiger partial charge in [-0.15, -0.1) is 23.1 Å². The third-order valence-corrected chi connectivity index (χ3v) is 6.93. The first kappa shape index (κ1) is 19.1. The summed E-state index contributed by atoms with van der Waals surface area (Å²) >= 11 is 2.94. The lowest BCUT2D eigenvalue weighted by molar-refractivity contribution is -0.113. The van der Waals surface area contributed by atoms with Crippen molar-refractivity contribution < 1.29 is 9.18 Å². The molecule has 0 fully saturated rings. The minimum absolute atomic E-state index is 0.0940. The SMILES string of the molecule is C[C@@H]1CCc2c(sc3nc(CSCC(=O)Nc4ccccc4F)[nH]c(=O)c23)C1. The Hall–Kier alpha value is -2.19. The quantitative estimate of drug-likeness (QED) is 0.655. The third-order valence-electron chi connectivity index (χ3n) is 4.83. The summed E-state index contributed by atoms with van der Waals surface area (Å²) in [6.45, 7) is 2.24. The summed E-state index contributed by atoms with van der Waals surface area (Å²) < 4.78 is 13.6. The molecule has 0 bridgehead atoms. The first-order valence-electron chi connectivity index (χ1n) is 9.17. The van der Waals surface area contributed by atoms with E-state index < -0.39 is 5.82 Å². The van der Waals surface area contributed by atoms with Crippen molar-refractivity contribution in [2.24, 2.45) is 5.92 Å². The number of aromatic nitrogens is 2. The van der Waals surface area contributed by atoms with Crippen molar-refractivity contribution >= 4 is 44.9 Å². The van der Waals surface area contributed by atoms with Gasteiger partial charge in [-0.2, -0.15) is 0 Å². The Morgan fingerprint density at radius 1 is 1.43 bits per heavy atom. The molecule has 1 atom stereocenters. The lowest BCUT2D eigenvalue weighted by Crippen LogP contribution is -2.16. The molecule has 2 heterocycles. The van der Waals surface area contributed by atoms with Gasteiger partial charge >= 0.3 is 0 Å². The molecule has 1 amide bonds. The molecule has 0 spiro atoms. The van der Waals surface area contributed by atoms with Gasteiger partial charge < -0.3 is 10.3 Å². The van der Waals surface area contributed by atoms with Crippen LogP contribution in [0, 0.1) is 11.7 Å². The molecule has 5 nitrogen and oxygen atoms in total. The highest BCUT2D eigenvalue weighted by atomic mass is 32.2. The van der Waals surface area contributed by atoms with Gasteiger partial charge in [0.15, 0.2) is 0 Å². The monoisotopic (exact) mass is 417 g/mol. The van der Waals surface area contributed by atoms with Crippen molar-refractivity contribution in [3.63, 3.8) is 0 Å². The zero-order valence-corrected chi connectivity index (χ0v) is 17.0. The van der Waals surface area contributed by atoms with Gasteiger partial charge in [0.2, 0.25) is 5.91 Å². The highest BCUT2D eigenvalue weighted by molar-refractivity contribution is 7.99. The fraction of sp³-hybridized carbons (Fsp3) is 0.350. The average Bonchev–Trinajstić information content (AvgIpc) is 3.01. The van der Waals surface area contributed by atoms with E-state index in [9.17, 15) is 14.0 Å². The van der Waals surface area contributed by atoms with E-state index in [1.54, 1.807) is 23.5 Å². The van der Waals surface area contributed by atoms with Crippen LogP contribution in [0.2, 0.25) is 0 Å². The maximum Gasteiger partial charge on any atom is 0.259 e. The smallest absolute Gasteiger partial charge is 0.259 e. The lowest BCUT2D eigenvalue weighted by atomic mass is 9.89. The Labute approximate surface area is 169 Å². The predicted octanol–water partition coefficient (Wildman–Crippen LogP) is 4.12. The van der Waals surface area contributed by atoms with Gasteiger partial charge in [0, 0.05) is 4.88 Å². The van der Waals surface area contributed by atoms with Crippen LogP contribution >= 0.6 is 23.1 Å². The van der Waals surface area contributed by atoms with Crippen LogP contribution in [0.1, 0.15) is 29.6 Å². The van der Waals surface area contributed by atoms with Gasteiger partial charge in [-0.05, 0) is 42.9 Å². The minimum atomic E-state index is -0.465. The maximum absolute atomic E-state index is 13.6. The largest absolute Gasteiger partial charge is 0.323 e. The second kappa shape index (κ2) is 8.05. The van der Waals surface area contributed by atoms with Crippen molar-refractivity contribution in [3.05, 3.63) is 56.7 Å². The minimum Gasteiger partial charge on any atom is -0.323 e. The molecule has 0 unspecified atom stereocenters. The summed E-state index contributed by atoms with van der Waals surface area (Å²) in [5.41, 5.74) is 1.23. The van der Waals surface area contributed by atoms with Gasteiger partial charge in [-0.1, -0.05) is 19.1 Å². The van der Waals surface area contributed by atoms with E-state index in [4.69, 9.17) is 0 Å². The van der Waals surface area contributed by atoms with Gasteiger partial charge in [0.1, 0.15) is 16.5 Å². The molecule has 0 radical (unpaired) electrons. The van der Waals surface area contributed by atoms with Crippen LogP contribution in [0.5, 0.6) is 0 Å². The van der Waals surface area contributed by atoms with E-state index in [0.29, 0.717) is 17.5 Å². The number of nitrogens with zero attached hydrogens (tertiary/aromatic N) is 1. The molecule has 0 saturated carbocycles. The first-order chi connectivity index (χ1) is 13.5. The first-order valence-corrected chi connectivity index (χ1v) is 11.1. The molecule has 0 aliphatic heterocycles. The number of thioether (sulfide) groups is 1. The Balaban J connectivity index is 1.42. The van der Waals surface area contributed by atoms with Crippen molar-refractivity contribution in [2.75, 3.05) is 11.1 Å². The summed E-state index contributed by atoms with van der Waals surface area (Å²) in [7, 11) is 0. The fourth-order valence-corrected chi connectivity index (χ4v) is 5.54. The van der Waals surface area contributed by atoms with Crippen molar-refractivity contribution in [3.8, 4) is 0 Å². The topological polar surface area (TPSA) is 74.8 Å². The standard InChI is InChI=1S/C20H20FN3O2S2/c1-11-6-7-12-15(8-11)28-20-18(12)19(26)23-16(24-20)9-27-10-17(25)22-14-5-3-2-4-13(14)21/h2-5,11H,6-10H2,1H3,(H,22,25)(H,23,24,26)/t11-/m1/s1. The molecule has 8 heteroatoms. The zero-order chi connectivity index (χ0) is 19.7. The molecule has 4 rings (SSSR count). The Kier molecular flexibility index (Phi) is 5.50. The number of anilines is 1. The molecule has 0 saturated heterocycles. The van der Waals surface area contributed by atoms with E-state index in [2.05, 4.69) is 22.2 Å². The maximum atomic E-state index is 13.6. The van der Waals surface area contributed by atoms with Crippen LogP contribution in [0.15, 0.2) is 29.1 Å². The fourth-order valence-electron chi connectivity index (χ4n) is 3.45. The third kappa shape index (κ3) is 3.98. The Morgan fingerprint density at radius 2 is 2.25 bits per heavy atom. The molecule has 28 heavy (non-hydrogen) atoms. The second-order valence-corrected chi connectivity index (χ2v) is 9.13. The summed E-state index contributed by atoms with van der Waals surface area (Å²) in [6.07, 6.45) is 3.05. The lowest BCUT2D eigenvalue weighted by Gasteiger charge is -2.17. The van der Waals surface area contributed by atoms with Crippen molar-refractivity contribution in [1.82, 2.24) is 9.97 Å². The van der Waals surface area contributed by atoms with E-state index in [0.717, 1.165) is 35.0 Å². The van der Waals surface area contributed by atoms with Gasteiger partial charge in [-0.25, -0.2) is 9.37 Å². The average molecular weight is 418 g/mol. The second-order valence-electron chi connectivity index (χ2n) is 7.07. The number of aromatic amines is 1. The number of para-hydroxylation sites is 1. The van der Waals surface area contributed by atoms with Gasteiger partial charge in [-0.3, -0.25) is 9.59 Å². The summed E-state index contributed by atoms with van der Waals surface area (Å²) in [4.78, 5) is 34.1. The summed E-state index contributed by atoms with van der Waals surface area (Å²) in [5.74, 6) is 1.01. The number of fused-ring (bicyclic) bond motifs is 3. The Morgan fingerprint density at radius 3 is 3.07 bits per heavy atom. The number of nitrogens with one attached hydrogen (secondary N) is 2. The van der Waals surface area contributed by atoms with E-state index in [1.807, 2.05) is 0 Å². The highest BCUT2D eigenvalue weighted by Crippen LogP contribution is 2.35. The molecule has 3 aromatic rings. The molecular weight excluding hydrogens is 397 g/mol. The number of benzene rings is 1. The number of aryl methyl sites for hydroxylation is 1. The molecule has 1 aliphatic carbocycles. The predicted molar refractivity (Wildman–Crippen MR) is 113 cm³/mol. The number of carbonyl (C=O) groups is 1. The van der Waals surface area contributed by atoms with Crippen LogP contribution in [0.4, 0.5) is 10.1 Å². The number of rotatable bonds is 5. The number of hydrogen-bond acceptors (Lipinski definition) is 5. The van der Waals surface area contributed by atoms with E-state index in [1.165, 1.54) is 28.8 Å². The molecule has 146 valence electrons. The van der Waals surface area contributed by atoms with Crippen LogP contribution < -0.4 is 10.9 Å². The number of thiophene rings is 1. The molecule has 1 aliphatic rings. The summed E-state index contributed by atoms with van der Waals surface area (Å²) in [5, 5.41) is 3.28. The van der Waals surface area contributed by atoms with Crippen LogP contribution in [-0.2, 0) is 23.4 Å². The van der Waals surface area contributed by atoms with Gasteiger partial charge in [0.25, 0.3) is 5.56 Å². The number of amides is 1. The number of carbonyl (C=O) groups excluding carboxylic acids is 1. The highest BCUT2D eigenvalue weighted by Gasteiger charge is 2.23. The Bertz CT molecular complexity index is 1090. The molecular formula is C20H20FN3O2S2. The van der Waals surface area contributed by atoms with Crippen LogP contribution in [0.25, 0.3) is 10.2 Å². The molecule has 2 aromatic heterocycles. The van der Waals surface area contributed by atoms with E-state index in [-0.39, 0.29) is 22.9 Å². The van der Waals surface area contributed by atoms with Crippen molar-refractivity contribution in [2.45, 2.75) is 31.9 Å². The molecule has 2 N–H and O–H groups in total. The normalized spacial score (nSPS) is 16.1. The number of halogens is 1. The molecule has 1 aromatic carbocycles. The van der Waals surface area contributed by atoms with Crippen molar-refractivity contribution in [1.29, 1.82) is 0 Å². The van der Waals surface area contributed by atoms with Crippen LogP contribution in [-0.4, -0.2) is 21.6 Å². The van der Waals surface area contributed by atoms with E-state index >= 15 is 0 Å². The number of H-pyrrole nitrogens is 1.